The summed E-state index contributed by atoms with van der Waals surface area (Å²) in [6.07, 6.45) is 2.88. The highest BCUT2D eigenvalue weighted by atomic mass is 16.5. The quantitative estimate of drug-likeness (QED) is 0.261. The standard InChI is InChI=1S/C32H33NO3/c1-21-16-17-24(19-29(21)32(34)35)30-20-25(36-31-15-6-5-13-28(30)31)11-8-18-33-22(2)26-14-7-10-23-9-3-4-12-27(23)26/h3-7,9-10,12-17,19,22,25,30,33H,8,11,18,20H2,1-2H3,(H,34,35)/t22-,25+,30+/m1/s1. The number of hydrogen-bond acceptors (Lipinski definition) is 3. The lowest BCUT2D eigenvalue weighted by Crippen LogP contribution is -2.28. The summed E-state index contributed by atoms with van der Waals surface area (Å²) >= 11 is 0. The molecule has 4 aromatic carbocycles. The monoisotopic (exact) mass is 479 g/mol. The van der Waals surface area contributed by atoms with Crippen LogP contribution < -0.4 is 10.1 Å². The van der Waals surface area contributed by atoms with Gasteiger partial charge in [0.15, 0.2) is 0 Å². The summed E-state index contributed by atoms with van der Waals surface area (Å²) in [5.41, 5.74) is 4.66. The number of aryl methyl sites for hydroxylation is 1. The van der Waals surface area contributed by atoms with E-state index in [4.69, 9.17) is 4.74 Å². The molecule has 0 aliphatic carbocycles. The van der Waals surface area contributed by atoms with E-state index in [0.29, 0.717) is 5.56 Å². The van der Waals surface area contributed by atoms with Crippen LogP contribution in [0, 0.1) is 6.92 Å². The van der Waals surface area contributed by atoms with Crippen LogP contribution in [0.2, 0.25) is 0 Å². The molecule has 0 spiro atoms. The molecule has 0 radical (unpaired) electrons. The molecule has 4 heteroatoms. The number of para-hydroxylation sites is 1. The third kappa shape index (κ3) is 5.00. The molecule has 5 rings (SSSR count). The fraction of sp³-hybridized carbons (Fsp3) is 0.281. The summed E-state index contributed by atoms with van der Waals surface area (Å²) in [6, 6.07) is 29.3. The van der Waals surface area contributed by atoms with Gasteiger partial charge in [-0.05, 0) is 79.3 Å². The van der Waals surface area contributed by atoms with Crippen LogP contribution in [0.25, 0.3) is 10.8 Å². The van der Waals surface area contributed by atoms with Crippen LogP contribution in [0.4, 0.5) is 0 Å². The van der Waals surface area contributed by atoms with Crippen LogP contribution in [0.1, 0.15) is 70.8 Å². The lowest BCUT2D eigenvalue weighted by Gasteiger charge is -2.33. The van der Waals surface area contributed by atoms with Crippen molar-refractivity contribution < 1.29 is 14.6 Å². The smallest absolute Gasteiger partial charge is 0.335 e. The van der Waals surface area contributed by atoms with Crippen molar-refractivity contribution in [1.29, 1.82) is 0 Å². The molecular formula is C32H33NO3. The summed E-state index contributed by atoms with van der Waals surface area (Å²) in [6.45, 7) is 4.98. The number of rotatable bonds is 8. The van der Waals surface area contributed by atoms with Crippen molar-refractivity contribution in [2.45, 2.75) is 51.2 Å². The Morgan fingerprint density at radius 2 is 1.81 bits per heavy atom. The van der Waals surface area contributed by atoms with Crippen molar-refractivity contribution in [3.8, 4) is 5.75 Å². The molecule has 0 bridgehead atoms. The van der Waals surface area contributed by atoms with Gasteiger partial charge in [0.25, 0.3) is 0 Å². The maximum absolute atomic E-state index is 11.7. The molecule has 2 N–H and O–H groups in total. The average molecular weight is 480 g/mol. The summed E-state index contributed by atoms with van der Waals surface area (Å²) in [5.74, 6) is 0.159. The second-order valence-corrected chi connectivity index (χ2v) is 9.83. The molecule has 0 amide bonds. The van der Waals surface area contributed by atoms with Gasteiger partial charge in [-0.25, -0.2) is 4.79 Å². The van der Waals surface area contributed by atoms with E-state index < -0.39 is 5.97 Å². The Bertz CT molecular complexity index is 1370. The van der Waals surface area contributed by atoms with Crippen LogP contribution in [0.3, 0.4) is 0 Å². The first kappa shape index (κ1) is 24.1. The van der Waals surface area contributed by atoms with E-state index in [1.165, 1.54) is 16.3 Å². The number of benzene rings is 4. The van der Waals surface area contributed by atoms with Crippen molar-refractivity contribution in [2.75, 3.05) is 6.54 Å². The zero-order chi connectivity index (χ0) is 25.1. The zero-order valence-electron chi connectivity index (χ0n) is 20.9. The molecule has 1 aliphatic heterocycles. The summed E-state index contributed by atoms with van der Waals surface area (Å²) < 4.78 is 6.39. The highest BCUT2D eigenvalue weighted by Gasteiger charge is 2.29. The van der Waals surface area contributed by atoms with E-state index in [2.05, 4.69) is 66.8 Å². The van der Waals surface area contributed by atoms with E-state index in [-0.39, 0.29) is 18.1 Å². The van der Waals surface area contributed by atoms with Gasteiger partial charge < -0.3 is 15.2 Å². The van der Waals surface area contributed by atoms with Gasteiger partial charge in [0.2, 0.25) is 0 Å². The first-order chi connectivity index (χ1) is 17.5. The van der Waals surface area contributed by atoms with Gasteiger partial charge in [0.1, 0.15) is 5.75 Å². The second-order valence-electron chi connectivity index (χ2n) is 9.83. The second kappa shape index (κ2) is 10.5. The van der Waals surface area contributed by atoms with E-state index in [1.54, 1.807) is 0 Å². The SMILES string of the molecule is Cc1ccc([C@@H]2C[C@H](CCCN[C@H](C)c3cccc4ccccc34)Oc3ccccc32)cc1C(=O)O. The Balaban J connectivity index is 1.25. The molecule has 1 heterocycles. The number of aromatic carboxylic acids is 1. The van der Waals surface area contributed by atoms with Gasteiger partial charge in [-0.1, -0.05) is 72.8 Å². The highest BCUT2D eigenvalue weighted by molar-refractivity contribution is 5.89. The Morgan fingerprint density at radius 3 is 2.67 bits per heavy atom. The topological polar surface area (TPSA) is 58.6 Å². The summed E-state index contributed by atoms with van der Waals surface area (Å²) in [5, 5.41) is 15.9. The van der Waals surface area contributed by atoms with Gasteiger partial charge in [-0.3, -0.25) is 0 Å². The number of ether oxygens (including phenoxy) is 1. The Morgan fingerprint density at radius 1 is 1.03 bits per heavy atom. The summed E-state index contributed by atoms with van der Waals surface area (Å²) in [7, 11) is 0. The molecule has 0 saturated heterocycles. The van der Waals surface area contributed by atoms with E-state index in [0.717, 1.165) is 48.2 Å². The van der Waals surface area contributed by atoms with E-state index in [1.807, 2.05) is 37.3 Å². The van der Waals surface area contributed by atoms with Crippen molar-refractivity contribution in [2.24, 2.45) is 0 Å². The predicted molar refractivity (Wildman–Crippen MR) is 145 cm³/mol. The third-order valence-electron chi connectivity index (χ3n) is 7.42. The van der Waals surface area contributed by atoms with Crippen LogP contribution in [0.5, 0.6) is 5.75 Å². The van der Waals surface area contributed by atoms with Crippen LogP contribution in [0.15, 0.2) is 84.9 Å². The van der Waals surface area contributed by atoms with Crippen LogP contribution in [-0.2, 0) is 0 Å². The number of fused-ring (bicyclic) bond motifs is 2. The van der Waals surface area contributed by atoms with Gasteiger partial charge in [0, 0.05) is 17.5 Å². The zero-order valence-corrected chi connectivity index (χ0v) is 20.9. The fourth-order valence-electron chi connectivity index (χ4n) is 5.46. The van der Waals surface area contributed by atoms with Crippen molar-refractivity contribution in [3.63, 3.8) is 0 Å². The average Bonchev–Trinajstić information content (AvgIpc) is 2.90. The number of nitrogens with one attached hydrogen (secondary N) is 1. The minimum Gasteiger partial charge on any atom is -0.490 e. The Kier molecular flexibility index (Phi) is 7.06. The number of hydrogen-bond donors (Lipinski definition) is 2. The maximum Gasteiger partial charge on any atom is 0.335 e. The van der Waals surface area contributed by atoms with Gasteiger partial charge in [-0.2, -0.15) is 0 Å². The number of carbonyl (C=O) groups is 1. The normalized spacial score (nSPS) is 17.8. The lowest BCUT2D eigenvalue weighted by molar-refractivity contribution is 0.0696. The Labute approximate surface area is 212 Å². The summed E-state index contributed by atoms with van der Waals surface area (Å²) in [4.78, 5) is 11.7. The third-order valence-corrected chi connectivity index (χ3v) is 7.42. The number of carboxylic acid groups (broad SMARTS) is 1. The van der Waals surface area contributed by atoms with Gasteiger partial charge in [0.05, 0.1) is 11.7 Å². The molecule has 36 heavy (non-hydrogen) atoms. The minimum atomic E-state index is -0.877. The molecule has 0 unspecified atom stereocenters. The van der Waals surface area contributed by atoms with Crippen LogP contribution >= 0.6 is 0 Å². The molecule has 0 saturated carbocycles. The minimum absolute atomic E-state index is 0.0918. The molecule has 1 aliphatic rings. The molecule has 184 valence electrons. The first-order valence-electron chi connectivity index (χ1n) is 12.8. The fourth-order valence-corrected chi connectivity index (χ4v) is 5.46. The van der Waals surface area contributed by atoms with Gasteiger partial charge >= 0.3 is 5.97 Å². The van der Waals surface area contributed by atoms with Crippen molar-refractivity contribution in [1.82, 2.24) is 5.32 Å². The molecule has 4 aromatic rings. The number of carboxylic acids is 1. The largest absolute Gasteiger partial charge is 0.490 e. The molecule has 0 fully saturated rings. The van der Waals surface area contributed by atoms with Crippen molar-refractivity contribution >= 4 is 16.7 Å². The van der Waals surface area contributed by atoms with E-state index in [9.17, 15) is 9.90 Å². The highest BCUT2D eigenvalue weighted by Crippen LogP contribution is 2.41. The first-order valence-corrected chi connectivity index (χ1v) is 12.8. The molecule has 0 aromatic heterocycles. The van der Waals surface area contributed by atoms with Crippen molar-refractivity contribution in [3.05, 3.63) is 113 Å². The predicted octanol–water partition coefficient (Wildman–Crippen LogP) is 7.26. The lowest BCUT2D eigenvalue weighted by atomic mass is 9.82. The van der Waals surface area contributed by atoms with Crippen LogP contribution in [-0.4, -0.2) is 23.7 Å². The van der Waals surface area contributed by atoms with Gasteiger partial charge in [-0.15, -0.1) is 0 Å². The van der Waals surface area contributed by atoms with E-state index >= 15 is 0 Å². The maximum atomic E-state index is 11.7. The molecule has 3 atom stereocenters. The molecule has 4 nitrogen and oxygen atoms in total. The molecular weight excluding hydrogens is 446 g/mol. The Hall–Kier alpha value is -3.63.